The molecule has 2 heteroatoms. The molecule has 1 aromatic carbocycles. The lowest BCUT2D eigenvalue weighted by Gasteiger charge is -2.17. The molecule has 0 saturated carbocycles. The number of rotatable bonds is 1. The maximum Gasteiger partial charge on any atom is 0.0736 e. The first-order chi connectivity index (χ1) is 9.42. The van der Waals surface area contributed by atoms with Crippen LogP contribution in [0.5, 0.6) is 0 Å². The molecule has 2 nitrogen and oxygen atoms in total. The van der Waals surface area contributed by atoms with Gasteiger partial charge in [-0.2, -0.15) is 0 Å². The number of hydrogen-bond acceptors (Lipinski definition) is 1. The van der Waals surface area contributed by atoms with Gasteiger partial charge in [0.25, 0.3) is 0 Å². The van der Waals surface area contributed by atoms with E-state index in [9.17, 15) is 0 Å². The van der Waals surface area contributed by atoms with Crippen molar-refractivity contribution >= 4 is 11.2 Å². The van der Waals surface area contributed by atoms with Crippen LogP contribution in [0.15, 0.2) is 65.9 Å². The zero-order valence-electron chi connectivity index (χ0n) is 10.6. The molecule has 3 heterocycles. The topological polar surface area (TPSA) is 16.8 Å². The van der Waals surface area contributed by atoms with Crippen molar-refractivity contribution in [2.45, 2.75) is 6.42 Å². The lowest BCUT2D eigenvalue weighted by atomic mass is 9.94. The fraction of sp³-hybridized carbons (Fsp3) is 0.118. The van der Waals surface area contributed by atoms with Crippen LogP contribution in [0.3, 0.4) is 0 Å². The molecular formula is C17H14N2. The molecule has 0 saturated heterocycles. The average Bonchev–Trinajstić information content (AvgIpc) is 2.94. The highest BCUT2D eigenvalue weighted by molar-refractivity contribution is 6.14. The highest BCUT2D eigenvalue weighted by Crippen LogP contribution is 2.20. The molecule has 1 aliphatic heterocycles. The molecule has 0 radical (unpaired) electrons. The summed E-state index contributed by atoms with van der Waals surface area (Å²) < 4.78 is 2.15. The molecule has 3 aromatic rings. The number of aromatic nitrogens is 1. The van der Waals surface area contributed by atoms with Crippen LogP contribution in [0.4, 0.5) is 0 Å². The Balaban J connectivity index is 1.89. The Morgan fingerprint density at radius 2 is 1.89 bits per heavy atom. The van der Waals surface area contributed by atoms with Gasteiger partial charge in [0.05, 0.1) is 5.71 Å². The minimum atomic E-state index is 0.885. The van der Waals surface area contributed by atoms with Gasteiger partial charge in [-0.3, -0.25) is 4.99 Å². The van der Waals surface area contributed by atoms with Gasteiger partial charge in [0.2, 0.25) is 0 Å². The van der Waals surface area contributed by atoms with E-state index in [0.29, 0.717) is 0 Å². The number of pyridine rings is 1. The van der Waals surface area contributed by atoms with Crippen molar-refractivity contribution < 1.29 is 0 Å². The van der Waals surface area contributed by atoms with Crippen LogP contribution in [0.25, 0.3) is 5.52 Å². The molecule has 0 N–H and O–H groups in total. The van der Waals surface area contributed by atoms with E-state index in [1.54, 1.807) is 0 Å². The highest BCUT2D eigenvalue weighted by Gasteiger charge is 2.15. The Labute approximate surface area is 112 Å². The minimum Gasteiger partial charge on any atom is -0.323 e. The Hall–Kier alpha value is -2.35. The standard InChI is InChI=1S/C17H14N2/c1-2-6-16-13(4-1)9-10-18-17(16)14-7-8-15-5-3-11-19(15)12-14/h1-8,11-12H,9-10H2. The second-order valence-electron chi connectivity index (χ2n) is 4.90. The lowest BCUT2D eigenvalue weighted by molar-refractivity contribution is 0.943. The summed E-state index contributed by atoms with van der Waals surface area (Å²) in [7, 11) is 0. The molecule has 0 spiro atoms. The van der Waals surface area contributed by atoms with Gasteiger partial charge in [0, 0.05) is 35.6 Å². The highest BCUT2D eigenvalue weighted by atomic mass is 14.9. The second kappa shape index (κ2) is 4.09. The molecule has 0 aliphatic carbocycles. The molecule has 0 atom stereocenters. The summed E-state index contributed by atoms with van der Waals surface area (Å²) in [5.41, 5.74) is 6.21. The fourth-order valence-corrected chi connectivity index (χ4v) is 2.76. The third-order valence-electron chi connectivity index (χ3n) is 3.72. The van der Waals surface area contributed by atoms with Crippen LogP contribution in [0.1, 0.15) is 16.7 Å². The second-order valence-corrected chi connectivity index (χ2v) is 4.90. The molecule has 19 heavy (non-hydrogen) atoms. The summed E-state index contributed by atoms with van der Waals surface area (Å²) >= 11 is 0. The van der Waals surface area contributed by atoms with Gasteiger partial charge in [-0.15, -0.1) is 0 Å². The van der Waals surface area contributed by atoms with E-state index >= 15 is 0 Å². The first-order valence-electron chi connectivity index (χ1n) is 6.62. The molecule has 92 valence electrons. The smallest absolute Gasteiger partial charge is 0.0736 e. The van der Waals surface area contributed by atoms with Gasteiger partial charge in [-0.1, -0.05) is 24.3 Å². The molecule has 0 bridgehead atoms. The number of benzene rings is 1. The maximum atomic E-state index is 4.74. The fourth-order valence-electron chi connectivity index (χ4n) is 2.76. The zero-order chi connectivity index (χ0) is 12.7. The van der Waals surface area contributed by atoms with Crippen molar-refractivity contribution in [3.63, 3.8) is 0 Å². The van der Waals surface area contributed by atoms with Crippen molar-refractivity contribution in [3.05, 3.63) is 77.6 Å². The zero-order valence-corrected chi connectivity index (χ0v) is 10.6. The summed E-state index contributed by atoms with van der Waals surface area (Å²) in [6.07, 6.45) is 5.29. The van der Waals surface area contributed by atoms with E-state index < -0.39 is 0 Å². The van der Waals surface area contributed by atoms with Crippen molar-refractivity contribution in [1.29, 1.82) is 0 Å². The maximum absolute atomic E-state index is 4.74. The van der Waals surface area contributed by atoms with Crippen LogP contribution in [0.2, 0.25) is 0 Å². The van der Waals surface area contributed by atoms with E-state index in [0.717, 1.165) is 18.7 Å². The summed E-state index contributed by atoms with van der Waals surface area (Å²) in [4.78, 5) is 4.74. The van der Waals surface area contributed by atoms with Crippen molar-refractivity contribution in [2.24, 2.45) is 4.99 Å². The van der Waals surface area contributed by atoms with Crippen LogP contribution in [0, 0.1) is 0 Å². The van der Waals surface area contributed by atoms with Crippen molar-refractivity contribution in [1.82, 2.24) is 4.40 Å². The average molecular weight is 246 g/mol. The summed E-state index contributed by atoms with van der Waals surface area (Å²) in [5, 5.41) is 0. The summed E-state index contributed by atoms with van der Waals surface area (Å²) in [6.45, 7) is 0.885. The van der Waals surface area contributed by atoms with Crippen LogP contribution < -0.4 is 0 Å². The largest absolute Gasteiger partial charge is 0.323 e. The number of fused-ring (bicyclic) bond motifs is 2. The van der Waals surface area contributed by atoms with E-state index in [-0.39, 0.29) is 0 Å². The molecule has 1 aliphatic rings. The SMILES string of the molecule is c1ccc2c(c1)CCN=C2c1ccc2cccn2c1. The minimum absolute atomic E-state index is 0.885. The van der Waals surface area contributed by atoms with Crippen LogP contribution in [-0.4, -0.2) is 16.7 Å². The van der Waals surface area contributed by atoms with Gasteiger partial charge >= 0.3 is 0 Å². The number of hydrogen-bond donors (Lipinski definition) is 0. The Morgan fingerprint density at radius 3 is 2.89 bits per heavy atom. The molecule has 0 unspecified atom stereocenters. The Kier molecular flexibility index (Phi) is 2.27. The summed E-state index contributed by atoms with van der Waals surface area (Å²) in [6, 6.07) is 17.1. The molecule has 0 amide bonds. The van der Waals surface area contributed by atoms with Gasteiger partial charge in [0.1, 0.15) is 0 Å². The molecule has 2 aromatic heterocycles. The Bertz CT molecular complexity index is 781. The van der Waals surface area contributed by atoms with Gasteiger partial charge < -0.3 is 4.40 Å². The summed E-state index contributed by atoms with van der Waals surface area (Å²) in [5.74, 6) is 0. The number of nitrogens with zero attached hydrogens (tertiary/aromatic N) is 2. The normalized spacial score (nSPS) is 14.2. The number of aliphatic imine (C=N–C) groups is 1. The first-order valence-corrected chi connectivity index (χ1v) is 6.62. The first kappa shape index (κ1) is 10.6. The van der Waals surface area contributed by atoms with Gasteiger partial charge in [0.15, 0.2) is 0 Å². The van der Waals surface area contributed by atoms with E-state index in [1.807, 2.05) is 0 Å². The van der Waals surface area contributed by atoms with Gasteiger partial charge in [-0.05, 0) is 36.2 Å². The predicted molar refractivity (Wildman–Crippen MR) is 78.0 cm³/mol. The Morgan fingerprint density at radius 1 is 0.947 bits per heavy atom. The van der Waals surface area contributed by atoms with E-state index in [4.69, 9.17) is 4.99 Å². The lowest BCUT2D eigenvalue weighted by Crippen LogP contribution is -2.14. The quantitative estimate of drug-likeness (QED) is 0.626. The van der Waals surface area contributed by atoms with E-state index in [1.165, 1.54) is 22.2 Å². The van der Waals surface area contributed by atoms with E-state index in [2.05, 4.69) is 65.3 Å². The van der Waals surface area contributed by atoms with Crippen LogP contribution >= 0.6 is 0 Å². The van der Waals surface area contributed by atoms with Crippen LogP contribution in [-0.2, 0) is 6.42 Å². The van der Waals surface area contributed by atoms with Crippen molar-refractivity contribution in [3.8, 4) is 0 Å². The monoisotopic (exact) mass is 246 g/mol. The third-order valence-corrected chi connectivity index (χ3v) is 3.72. The molecular weight excluding hydrogens is 232 g/mol. The molecule has 0 fully saturated rings. The predicted octanol–water partition coefficient (Wildman–Crippen LogP) is 3.33. The van der Waals surface area contributed by atoms with Crippen molar-refractivity contribution in [2.75, 3.05) is 6.54 Å². The van der Waals surface area contributed by atoms with Gasteiger partial charge in [-0.25, -0.2) is 0 Å². The third kappa shape index (κ3) is 1.68. The molecule has 4 rings (SSSR count).